The van der Waals surface area contributed by atoms with Gasteiger partial charge in [0.05, 0.1) is 22.6 Å². The maximum Gasteiger partial charge on any atom is 0.423 e. The van der Waals surface area contributed by atoms with Gasteiger partial charge in [0.2, 0.25) is 5.91 Å². The van der Waals surface area contributed by atoms with Crippen LogP contribution in [0.1, 0.15) is 42.6 Å². The normalized spacial score (nSPS) is 20.2. The summed E-state index contributed by atoms with van der Waals surface area (Å²) in [6.07, 6.45) is -2.37. The second-order valence-corrected chi connectivity index (χ2v) is 11.3. The van der Waals surface area contributed by atoms with Crippen molar-refractivity contribution in [3.63, 3.8) is 0 Å². The molecular weight excluding hydrogens is 577 g/mol. The van der Waals surface area contributed by atoms with E-state index in [2.05, 4.69) is 10.2 Å². The van der Waals surface area contributed by atoms with Crippen molar-refractivity contribution in [3.05, 3.63) is 68.4 Å². The highest BCUT2D eigenvalue weighted by Crippen LogP contribution is 2.38. The Morgan fingerprint density at radius 2 is 1.83 bits per heavy atom. The fraction of sp³-hybridized carbons (Fsp3) is 0.483. The van der Waals surface area contributed by atoms with E-state index in [1.165, 1.54) is 6.07 Å². The molecule has 1 N–H and O–H groups in total. The second kappa shape index (κ2) is 12.5. The highest BCUT2D eigenvalue weighted by atomic mass is 35.5. The van der Waals surface area contributed by atoms with Crippen LogP contribution in [0.3, 0.4) is 0 Å². The van der Waals surface area contributed by atoms with Crippen molar-refractivity contribution in [3.8, 4) is 0 Å². The van der Waals surface area contributed by atoms with Gasteiger partial charge in [-0.25, -0.2) is 0 Å². The fourth-order valence-electron chi connectivity index (χ4n) is 5.59. The Kier molecular flexibility index (Phi) is 8.95. The molecule has 1 amide bonds. The molecule has 2 aliphatic rings. The molecule has 0 spiro atoms. The number of nitrogens with zero attached hydrogens (tertiary/aromatic N) is 3. The minimum atomic E-state index is -4.83. The zero-order valence-electron chi connectivity index (χ0n) is 23.1. The van der Waals surface area contributed by atoms with Crippen LogP contribution in [0.2, 0.25) is 5.02 Å². The number of piperazine rings is 1. The van der Waals surface area contributed by atoms with Gasteiger partial charge in [-0.1, -0.05) is 23.2 Å². The van der Waals surface area contributed by atoms with Crippen molar-refractivity contribution in [2.75, 3.05) is 38.1 Å². The lowest BCUT2D eigenvalue weighted by molar-refractivity contribution is -0.388. The minimum absolute atomic E-state index is 0.0190. The van der Waals surface area contributed by atoms with Gasteiger partial charge >= 0.3 is 6.18 Å². The van der Waals surface area contributed by atoms with Crippen LogP contribution in [0.4, 0.5) is 24.5 Å². The number of fused-ring (bicyclic) bond motifs is 1. The average Bonchev–Trinajstić information content (AvgIpc) is 3.26. The third kappa shape index (κ3) is 6.99. The quantitative estimate of drug-likeness (QED) is 0.233. The van der Waals surface area contributed by atoms with E-state index in [9.17, 15) is 28.1 Å². The number of nitrogens with one attached hydrogen (secondary N) is 1. The van der Waals surface area contributed by atoms with Crippen molar-refractivity contribution in [2.24, 2.45) is 0 Å². The molecule has 226 valence electrons. The Labute approximate surface area is 245 Å². The number of carbonyl (C=O) groups is 1. The third-order valence-corrected chi connectivity index (χ3v) is 8.34. The van der Waals surface area contributed by atoms with Gasteiger partial charge in [0.1, 0.15) is 23.5 Å². The fourth-order valence-corrected chi connectivity index (χ4v) is 5.84. The van der Waals surface area contributed by atoms with E-state index in [0.29, 0.717) is 63.4 Å². The van der Waals surface area contributed by atoms with E-state index in [1.54, 1.807) is 4.90 Å². The SMILES string of the molecule is Cc1ccc2oc(CN3CCN(C(=O)COC4CCC(Nc5ccc([N+](=O)[O-])c(C(F)(F)F)c5)CC4)CC3)c(Cl)c2c1. The van der Waals surface area contributed by atoms with Gasteiger partial charge in [0.25, 0.3) is 5.69 Å². The summed E-state index contributed by atoms with van der Waals surface area (Å²) in [6.45, 7) is 5.08. The number of benzene rings is 2. The van der Waals surface area contributed by atoms with Crippen molar-refractivity contribution in [1.29, 1.82) is 0 Å². The number of ether oxygens (including phenoxy) is 1. The standard InChI is InChI=1S/C29H32ClF3N4O5/c1-18-2-9-25-22(14-18)28(30)26(42-25)16-35-10-12-36(13-11-35)27(38)17-41-21-6-3-19(4-7-21)34-20-5-8-24(37(39)40)23(15-20)29(31,32)33/h2,5,8-9,14-15,19,21,34H,3-4,6-7,10-13,16-17H2,1H3. The zero-order chi connectivity index (χ0) is 30.0. The van der Waals surface area contributed by atoms with Crippen LogP contribution >= 0.6 is 11.6 Å². The van der Waals surface area contributed by atoms with E-state index >= 15 is 0 Å². The van der Waals surface area contributed by atoms with E-state index in [1.807, 2.05) is 25.1 Å². The monoisotopic (exact) mass is 608 g/mol. The van der Waals surface area contributed by atoms with Gasteiger partial charge in [-0.2, -0.15) is 13.2 Å². The first-order valence-corrected chi connectivity index (χ1v) is 14.3. The molecule has 1 saturated heterocycles. The number of rotatable bonds is 8. The molecular formula is C29H32ClF3N4O5. The molecule has 0 atom stereocenters. The predicted octanol–water partition coefficient (Wildman–Crippen LogP) is 6.41. The summed E-state index contributed by atoms with van der Waals surface area (Å²) >= 11 is 6.56. The van der Waals surface area contributed by atoms with Crippen LogP contribution in [0, 0.1) is 17.0 Å². The molecule has 1 aliphatic heterocycles. The molecule has 13 heteroatoms. The maximum atomic E-state index is 13.3. The van der Waals surface area contributed by atoms with Crippen LogP contribution in [0.15, 0.2) is 40.8 Å². The molecule has 2 aromatic carbocycles. The third-order valence-electron chi connectivity index (χ3n) is 7.93. The maximum absolute atomic E-state index is 13.3. The van der Waals surface area contributed by atoms with Crippen LogP contribution < -0.4 is 5.32 Å². The number of carbonyl (C=O) groups excluding carboxylic acids is 1. The molecule has 1 aromatic heterocycles. The summed E-state index contributed by atoms with van der Waals surface area (Å²) in [4.78, 5) is 26.7. The first-order chi connectivity index (χ1) is 20.0. The van der Waals surface area contributed by atoms with Gasteiger partial charge in [0, 0.05) is 49.4 Å². The predicted molar refractivity (Wildman–Crippen MR) is 152 cm³/mol. The summed E-state index contributed by atoms with van der Waals surface area (Å²) in [6, 6.07) is 8.77. The number of anilines is 1. The molecule has 3 aromatic rings. The number of hydrogen-bond donors (Lipinski definition) is 1. The number of hydrogen-bond acceptors (Lipinski definition) is 7. The Morgan fingerprint density at radius 1 is 1.12 bits per heavy atom. The summed E-state index contributed by atoms with van der Waals surface area (Å²) in [5.41, 5.74) is -0.187. The van der Waals surface area contributed by atoms with E-state index in [4.69, 9.17) is 20.8 Å². The van der Waals surface area contributed by atoms with E-state index < -0.39 is 22.4 Å². The van der Waals surface area contributed by atoms with Gasteiger partial charge in [-0.3, -0.25) is 19.8 Å². The second-order valence-electron chi connectivity index (χ2n) is 10.9. The highest BCUT2D eigenvalue weighted by molar-refractivity contribution is 6.36. The number of nitro benzene ring substituents is 1. The first kappa shape index (κ1) is 30.1. The Bertz CT molecular complexity index is 1450. The molecule has 0 unspecified atom stereocenters. The number of aryl methyl sites for hydroxylation is 1. The average molecular weight is 609 g/mol. The largest absolute Gasteiger partial charge is 0.458 e. The number of alkyl halides is 3. The number of amides is 1. The highest BCUT2D eigenvalue weighted by Gasteiger charge is 2.38. The molecule has 5 rings (SSSR count). The lowest BCUT2D eigenvalue weighted by Crippen LogP contribution is -2.49. The summed E-state index contributed by atoms with van der Waals surface area (Å²) in [5.74, 6) is 0.651. The Balaban J connectivity index is 1.04. The lowest BCUT2D eigenvalue weighted by Gasteiger charge is -2.35. The van der Waals surface area contributed by atoms with Gasteiger partial charge in [0.15, 0.2) is 0 Å². The molecule has 1 saturated carbocycles. The molecule has 1 aliphatic carbocycles. The summed E-state index contributed by atoms with van der Waals surface area (Å²) < 4.78 is 51.7. The Hall–Kier alpha value is -3.35. The molecule has 9 nitrogen and oxygen atoms in total. The van der Waals surface area contributed by atoms with Crippen LogP contribution in [0.25, 0.3) is 11.0 Å². The van der Waals surface area contributed by atoms with Crippen LogP contribution in [0.5, 0.6) is 0 Å². The van der Waals surface area contributed by atoms with E-state index in [0.717, 1.165) is 34.4 Å². The van der Waals surface area contributed by atoms with Crippen LogP contribution in [-0.2, 0) is 22.3 Å². The lowest BCUT2D eigenvalue weighted by atomic mass is 9.92. The minimum Gasteiger partial charge on any atom is -0.458 e. The molecule has 0 bridgehead atoms. The van der Waals surface area contributed by atoms with Crippen molar-refractivity contribution < 1.29 is 32.0 Å². The van der Waals surface area contributed by atoms with Crippen LogP contribution in [-0.4, -0.2) is 65.6 Å². The topological polar surface area (TPSA) is 101 Å². The van der Waals surface area contributed by atoms with Crippen molar-refractivity contribution in [2.45, 2.75) is 57.5 Å². The number of halogens is 4. The summed E-state index contributed by atoms with van der Waals surface area (Å²) in [7, 11) is 0. The smallest absolute Gasteiger partial charge is 0.423 e. The van der Waals surface area contributed by atoms with E-state index in [-0.39, 0.29) is 30.3 Å². The number of furan rings is 1. The molecule has 42 heavy (non-hydrogen) atoms. The number of nitro groups is 1. The Morgan fingerprint density at radius 3 is 2.50 bits per heavy atom. The van der Waals surface area contributed by atoms with Crippen molar-refractivity contribution in [1.82, 2.24) is 9.80 Å². The van der Waals surface area contributed by atoms with Crippen molar-refractivity contribution >= 4 is 39.9 Å². The van der Waals surface area contributed by atoms with Gasteiger partial charge in [-0.15, -0.1) is 0 Å². The van der Waals surface area contributed by atoms with Gasteiger partial charge < -0.3 is 19.4 Å². The molecule has 2 heterocycles. The molecule has 2 fully saturated rings. The zero-order valence-corrected chi connectivity index (χ0v) is 23.8. The first-order valence-electron chi connectivity index (χ1n) is 13.9. The molecule has 0 radical (unpaired) electrons. The summed E-state index contributed by atoms with van der Waals surface area (Å²) in [5, 5.41) is 15.6. The van der Waals surface area contributed by atoms with Gasteiger partial charge in [-0.05, 0) is 56.9 Å².